The molecule has 0 saturated heterocycles. The Balaban J connectivity index is 2.43. The molecule has 0 aliphatic rings. The van der Waals surface area contributed by atoms with Crippen LogP contribution in [0.2, 0.25) is 0 Å². The highest BCUT2D eigenvalue weighted by Crippen LogP contribution is 2.23. The number of hydrogen-bond acceptors (Lipinski definition) is 2. The number of rotatable bonds is 3. The molecule has 2 nitrogen and oxygen atoms in total. The highest BCUT2D eigenvalue weighted by atomic mass is 16.3. The molecule has 0 aliphatic heterocycles. The van der Waals surface area contributed by atoms with E-state index < -0.39 is 0 Å². The molecular formula is C14H16O2. The molecule has 0 amide bonds. The number of benzene rings is 1. The Morgan fingerprint density at radius 1 is 1.38 bits per heavy atom. The van der Waals surface area contributed by atoms with Crippen LogP contribution < -0.4 is 0 Å². The predicted octanol–water partition coefficient (Wildman–Crippen LogP) is 3.97. The first kappa shape index (κ1) is 10.9. The summed E-state index contributed by atoms with van der Waals surface area (Å²) in [5, 5.41) is 1.01. The Labute approximate surface area is 95.3 Å². The smallest absolute Gasteiger partial charge is 0.200 e. The van der Waals surface area contributed by atoms with Crippen LogP contribution in [0.1, 0.15) is 36.4 Å². The number of carbonyl (C=O) groups excluding carboxylic acids is 1. The number of carbonyl (C=O) groups is 1. The molecule has 0 radical (unpaired) electrons. The zero-order valence-corrected chi connectivity index (χ0v) is 9.91. The maximum Gasteiger partial charge on any atom is 0.200 e. The van der Waals surface area contributed by atoms with Gasteiger partial charge in [0.05, 0.1) is 0 Å². The molecule has 0 N–H and O–H groups in total. The zero-order chi connectivity index (χ0) is 11.7. The molecule has 0 bridgehead atoms. The highest BCUT2D eigenvalue weighted by molar-refractivity contribution is 5.98. The lowest BCUT2D eigenvalue weighted by molar-refractivity contribution is 0.0901. The van der Waals surface area contributed by atoms with Gasteiger partial charge in [-0.25, -0.2) is 0 Å². The van der Waals surface area contributed by atoms with Gasteiger partial charge in [-0.05, 0) is 31.5 Å². The Morgan fingerprint density at radius 3 is 2.81 bits per heavy atom. The molecule has 1 unspecified atom stereocenters. The number of fused-ring (bicyclic) bond motifs is 1. The van der Waals surface area contributed by atoms with Crippen LogP contribution in [0.25, 0.3) is 11.0 Å². The molecule has 0 spiro atoms. The van der Waals surface area contributed by atoms with Crippen LogP contribution in [-0.2, 0) is 0 Å². The van der Waals surface area contributed by atoms with Crippen LogP contribution in [0.3, 0.4) is 0 Å². The third kappa shape index (κ3) is 1.87. The van der Waals surface area contributed by atoms with Crippen LogP contribution in [-0.4, -0.2) is 5.78 Å². The summed E-state index contributed by atoms with van der Waals surface area (Å²) in [6.07, 6.45) is 0.842. The number of aryl methyl sites for hydroxylation is 1. The van der Waals surface area contributed by atoms with Gasteiger partial charge >= 0.3 is 0 Å². The quantitative estimate of drug-likeness (QED) is 0.727. The number of hydrogen-bond donors (Lipinski definition) is 0. The van der Waals surface area contributed by atoms with Crippen molar-refractivity contribution in [3.63, 3.8) is 0 Å². The standard InChI is InChI=1S/C14H16O2/c1-4-10(3)14(15)13-8-11-7-9(2)5-6-12(11)16-13/h5-8,10H,4H2,1-3H3. The van der Waals surface area contributed by atoms with Crippen molar-refractivity contribution in [2.24, 2.45) is 5.92 Å². The van der Waals surface area contributed by atoms with Crippen molar-refractivity contribution >= 4 is 16.8 Å². The van der Waals surface area contributed by atoms with Crippen molar-refractivity contribution in [3.05, 3.63) is 35.6 Å². The summed E-state index contributed by atoms with van der Waals surface area (Å²) in [7, 11) is 0. The molecule has 2 aromatic rings. The van der Waals surface area contributed by atoms with E-state index in [1.54, 1.807) is 0 Å². The van der Waals surface area contributed by atoms with E-state index in [9.17, 15) is 4.79 Å². The minimum Gasteiger partial charge on any atom is -0.453 e. The van der Waals surface area contributed by atoms with Gasteiger partial charge in [-0.1, -0.05) is 25.5 Å². The van der Waals surface area contributed by atoms with Crippen LogP contribution >= 0.6 is 0 Å². The lowest BCUT2D eigenvalue weighted by Crippen LogP contribution is -2.08. The average molecular weight is 216 g/mol. The molecule has 16 heavy (non-hydrogen) atoms. The second-order valence-electron chi connectivity index (χ2n) is 4.33. The van der Waals surface area contributed by atoms with Crippen molar-refractivity contribution < 1.29 is 9.21 Å². The predicted molar refractivity (Wildman–Crippen MR) is 64.7 cm³/mol. The summed E-state index contributed by atoms with van der Waals surface area (Å²) in [6, 6.07) is 7.78. The zero-order valence-electron chi connectivity index (χ0n) is 9.91. The summed E-state index contributed by atoms with van der Waals surface area (Å²) < 4.78 is 5.56. The highest BCUT2D eigenvalue weighted by Gasteiger charge is 2.17. The van der Waals surface area contributed by atoms with E-state index in [2.05, 4.69) is 0 Å². The minimum atomic E-state index is 0.0293. The first-order chi connectivity index (χ1) is 7.61. The number of ketones is 1. The molecule has 1 heterocycles. The Morgan fingerprint density at radius 2 is 2.12 bits per heavy atom. The topological polar surface area (TPSA) is 30.2 Å². The monoisotopic (exact) mass is 216 g/mol. The van der Waals surface area contributed by atoms with Gasteiger partial charge in [-0.15, -0.1) is 0 Å². The van der Waals surface area contributed by atoms with E-state index in [1.807, 2.05) is 45.0 Å². The van der Waals surface area contributed by atoms with E-state index in [0.29, 0.717) is 5.76 Å². The first-order valence-electron chi connectivity index (χ1n) is 5.66. The largest absolute Gasteiger partial charge is 0.453 e. The summed E-state index contributed by atoms with van der Waals surface area (Å²) in [5.41, 5.74) is 1.97. The van der Waals surface area contributed by atoms with Gasteiger partial charge in [0.1, 0.15) is 5.58 Å². The second kappa shape index (κ2) is 4.12. The molecule has 84 valence electrons. The molecule has 1 aromatic carbocycles. The lowest BCUT2D eigenvalue weighted by atomic mass is 10.0. The van der Waals surface area contributed by atoms with Crippen molar-refractivity contribution in [1.82, 2.24) is 0 Å². The van der Waals surface area contributed by atoms with Crippen molar-refractivity contribution in [2.45, 2.75) is 27.2 Å². The first-order valence-corrected chi connectivity index (χ1v) is 5.66. The summed E-state index contributed by atoms with van der Waals surface area (Å²) >= 11 is 0. The van der Waals surface area contributed by atoms with Crippen LogP contribution in [0.5, 0.6) is 0 Å². The van der Waals surface area contributed by atoms with E-state index >= 15 is 0 Å². The van der Waals surface area contributed by atoms with E-state index in [0.717, 1.165) is 17.4 Å². The molecule has 0 saturated carbocycles. The van der Waals surface area contributed by atoms with Gasteiger partial charge in [0.15, 0.2) is 5.76 Å². The summed E-state index contributed by atoms with van der Waals surface area (Å²) in [5.74, 6) is 0.605. The van der Waals surface area contributed by atoms with E-state index in [-0.39, 0.29) is 11.7 Å². The van der Waals surface area contributed by atoms with Gasteiger partial charge in [-0.3, -0.25) is 4.79 Å². The lowest BCUT2D eigenvalue weighted by Gasteiger charge is -2.02. The van der Waals surface area contributed by atoms with Gasteiger partial charge in [0.25, 0.3) is 0 Å². The van der Waals surface area contributed by atoms with Crippen LogP contribution in [0.15, 0.2) is 28.7 Å². The van der Waals surface area contributed by atoms with Gasteiger partial charge in [-0.2, -0.15) is 0 Å². The molecule has 2 rings (SSSR count). The molecule has 0 aliphatic carbocycles. The normalized spacial score (nSPS) is 12.9. The third-order valence-corrected chi connectivity index (χ3v) is 2.97. The summed E-state index contributed by atoms with van der Waals surface area (Å²) in [6.45, 7) is 5.97. The van der Waals surface area contributed by atoms with Crippen molar-refractivity contribution in [2.75, 3.05) is 0 Å². The van der Waals surface area contributed by atoms with Gasteiger partial charge in [0.2, 0.25) is 5.78 Å². The fourth-order valence-electron chi connectivity index (χ4n) is 1.71. The van der Waals surface area contributed by atoms with Crippen molar-refractivity contribution in [3.8, 4) is 0 Å². The summed E-state index contributed by atoms with van der Waals surface area (Å²) in [4.78, 5) is 11.9. The Kier molecular flexibility index (Phi) is 2.82. The Bertz CT molecular complexity index is 523. The van der Waals surface area contributed by atoms with Gasteiger partial charge in [0, 0.05) is 11.3 Å². The van der Waals surface area contributed by atoms with E-state index in [1.165, 1.54) is 5.56 Å². The maximum absolute atomic E-state index is 11.9. The van der Waals surface area contributed by atoms with Crippen molar-refractivity contribution in [1.29, 1.82) is 0 Å². The molecule has 1 aromatic heterocycles. The SMILES string of the molecule is CCC(C)C(=O)c1cc2cc(C)ccc2o1. The maximum atomic E-state index is 11.9. The average Bonchev–Trinajstić information content (AvgIpc) is 2.69. The minimum absolute atomic E-state index is 0.0293. The van der Waals surface area contributed by atoms with E-state index in [4.69, 9.17) is 4.42 Å². The number of furan rings is 1. The third-order valence-electron chi connectivity index (χ3n) is 2.97. The molecule has 1 atom stereocenters. The molecule has 0 fully saturated rings. The fraction of sp³-hybridized carbons (Fsp3) is 0.357. The number of Topliss-reactive ketones (excluding diaryl/α,β-unsaturated/α-hetero) is 1. The second-order valence-corrected chi connectivity index (χ2v) is 4.33. The van der Waals surface area contributed by atoms with Gasteiger partial charge < -0.3 is 4.42 Å². The van der Waals surface area contributed by atoms with Crippen LogP contribution in [0, 0.1) is 12.8 Å². The Hall–Kier alpha value is -1.57. The molecule has 2 heteroatoms. The molecular weight excluding hydrogens is 200 g/mol. The van der Waals surface area contributed by atoms with Crippen LogP contribution in [0.4, 0.5) is 0 Å². The fourth-order valence-corrected chi connectivity index (χ4v) is 1.71.